The maximum absolute atomic E-state index is 10.3. The van der Waals surface area contributed by atoms with E-state index in [2.05, 4.69) is 67.6 Å². The summed E-state index contributed by atoms with van der Waals surface area (Å²) in [4.78, 5) is 0. The molecule has 0 spiro atoms. The summed E-state index contributed by atoms with van der Waals surface area (Å²) in [5.41, 5.74) is 6.63. The second-order valence-electron chi connectivity index (χ2n) is 8.64. The second kappa shape index (κ2) is 8.42. The summed E-state index contributed by atoms with van der Waals surface area (Å²) in [6.07, 6.45) is 5.30. The van der Waals surface area contributed by atoms with E-state index in [0.717, 1.165) is 34.6 Å². The lowest BCUT2D eigenvalue weighted by Crippen LogP contribution is -2.31. The third-order valence-electron chi connectivity index (χ3n) is 7.12. The molecule has 0 amide bonds. The maximum Gasteiger partial charge on any atom is 0.118 e. The number of hydrogen-bond donors (Lipinski definition) is 1. The number of ether oxygens (including phenoxy) is 2. The van der Waals surface area contributed by atoms with Crippen molar-refractivity contribution in [2.45, 2.75) is 25.4 Å². The molecule has 4 aromatic carbocycles. The van der Waals surface area contributed by atoms with Crippen molar-refractivity contribution in [2.75, 3.05) is 14.2 Å². The number of aliphatic hydroxyl groups excluding tert-OH is 1. The fourth-order valence-corrected chi connectivity index (χ4v) is 5.26. The van der Waals surface area contributed by atoms with Gasteiger partial charge in [0.15, 0.2) is 0 Å². The molecule has 5 rings (SSSR count). The number of fused-ring (bicyclic) bond motifs is 3. The third kappa shape index (κ3) is 3.40. The monoisotopic (exact) mass is 436 g/mol. The van der Waals surface area contributed by atoms with Crippen LogP contribution in [-0.2, 0) is 18.4 Å². The SMILES string of the molecule is COc1ccc(C2(c3ccc(OC)cc3)C=Cc3c(CO)c(C)c4ccccc4c3C2)cc1. The normalized spacial score (nSPS) is 14.2. The van der Waals surface area contributed by atoms with Crippen LogP contribution in [0.25, 0.3) is 16.8 Å². The molecule has 166 valence electrons. The Bertz CT molecular complexity index is 1280. The van der Waals surface area contributed by atoms with Gasteiger partial charge in [0.1, 0.15) is 11.5 Å². The molecule has 1 N–H and O–H groups in total. The lowest BCUT2D eigenvalue weighted by Gasteiger charge is -2.37. The van der Waals surface area contributed by atoms with E-state index in [1.807, 2.05) is 24.3 Å². The Morgan fingerprint density at radius 2 is 1.33 bits per heavy atom. The Morgan fingerprint density at radius 3 is 1.85 bits per heavy atom. The lowest BCUT2D eigenvalue weighted by atomic mass is 9.66. The van der Waals surface area contributed by atoms with Crippen LogP contribution >= 0.6 is 0 Å². The molecule has 1 aliphatic carbocycles. The molecule has 0 aromatic heterocycles. The molecule has 0 atom stereocenters. The minimum Gasteiger partial charge on any atom is -0.497 e. The first-order chi connectivity index (χ1) is 16.1. The second-order valence-corrected chi connectivity index (χ2v) is 8.64. The Labute approximate surface area is 194 Å². The highest BCUT2D eigenvalue weighted by atomic mass is 16.5. The number of aliphatic hydroxyl groups is 1. The van der Waals surface area contributed by atoms with Gasteiger partial charge in [0.2, 0.25) is 0 Å². The number of benzene rings is 4. The van der Waals surface area contributed by atoms with Gasteiger partial charge in [-0.3, -0.25) is 0 Å². The molecule has 0 bridgehead atoms. The van der Waals surface area contributed by atoms with Gasteiger partial charge in [-0.1, -0.05) is 60.7 Å². The maximum atomic E-state index is 10.3. The number of hydrogen-bond acceptors (Lipinski definition) is 3. The van der Waals surface area contributed by atoms with Gasteiger partial charge in [-0.05, 0) is 81.8 Å². The fourth-order valence-electron chi connectivity index (χ4n) is 5.26. The quantitative estimate of drug-likeness (QED) is 0.404. The van der Waals surface area contributed by atoms with Gasteiger partial charge in [-0.25, -0.2) is 0 Å². The molecule has 0 unspecified atom stereocenters. The zero-order valence-electron chi connectivity index (χ0n) is 19.3. The van der Waals surface area contributed by atoms with E-state index in [0.29, 0.717) is 0 Å². The van der Waals surface area contributed by atoms with Gasteiger partial charge in [-0.2, -0.15) is 0 Å². The molecule has 0 saturated heterocycles. The molecule has 0 heterocycles. The van der Waals surface area contributed by atoms with E-state index in [1.165, 1.54) is 27.5 Å². The largest absolute Gasteiger partial charge is 0.497 e. The van der Waals surface area contributed by atoms with Crippen LogP contribution in [0, 0.1) is 6.92 Å². The highest BCUT2D eigenvalue weighted by molar-refractivity contribution is 5.94. The topological polar surface area (TPSA) is 38.7 Å². The summed E-state index contributed by atoms with van der Waals surface area (Å²) in [5.74, 6) is 1.68. The summed E-state index contributed by atoms with van der Waals surface area (Å²) in [5, 5.41) is 12.7. The number of methoxy groups -OCH3 is 2. The predicted molar refractivity (Wildman–Crippen MR) is 134 cm³/mol. The average Bonchev–Trinajstić information content (AvgIpc) is 2.89. The Balaban J connectivity index is 1.77. The molecule has 3 heteroatoms. The summed E-state index contributed by atoms with van der Waals surface area (Å²) >= 11 is 0. The zero-order valence-corrected chi connectivity index (χ0v) is 19.3. The molecule has 0 radical (unpaired) electrons. The Hall–Kier alpha value is -3.56. The average molecular weight is 437 g/mol. The van der Waals surface area contributed by atoms with Crippen LogP contribution in [0.4, 0.5) is 0 Å². The molecule has 33 heavy (non-hydrogen) atoms. The summed E-state index contributed by atoms with van der Waals surface area (Å²) in [6.45, 7) is 2.14. The summed E-state index contributed by atoms with van der Waals surface area (Å²) < 4.78 is 10.8. The van der Waals surface area contributed by atoms with Crippen LogP contribution in [0.15, 0.2) is 78.9 Å². The van der Waals surface area contributed by atoms with E-state index in [9.17, 15) is 5.11 Å². The van der Waals surface area contributed by atoms with Crippen molar-refractivity contribution in [1.82, 2.24) is 0 Å². The van der Waals surface area contributed by atoms with E-state index in [1.54, 1.807) is 14.2 Å². The van der Waals surface area contributed by atoms with E-state index < -0.39 is 0 Å². The minimum atomic E-state index is -0.351. The number of aryl methyl sites for hydroxylation is 1. The van der Waals surface area contributed by atoms with Gasteiger partial charge in [0.25, 0.3) is 0 Å². The molecule has 0 aliphatic heterocycles. The summed E-state index contributed by atoms with van der Waals surface area (Å²) in [6, 6.07) is 25.2. The standard InChI is InChI=1S/C30H28O3/c1-20-25-6-4-5-7-26(25)28-18-30(17-16-27(28)29(20)19-31,21-8-12-23(32-2)13-9-21)22-10-14-24(33-3)15-11-22/h4-17,31H,18-19H2,1-3H3. The summed E-state index contributed by atoms with van der Waals surface area (Å²) in [7, 11) is 3.38. The first-order valence-electron chi connectivity index (χ1n) is 11.2. The van der Waals surface area contributed by atoms with Crippen LogP contribution < -0.4 is 9.47 Å². The highest BCUT2D eigenvalue weighted by Crippen LogP contribution is 2.46. The predicted octanol–water partition coefficient (Wildman–Crippen LogP) is 6.21. The van der Waals surface area contributed by atoms with Crippen LogP contribution in [0.1, 0.15) is 33.4 Å². The third-order valence-corrected chi connectivity index (χ3v) is 7.12. The van der Waals surface area contributed by atoms with Crippen molar-refractivity contribution >= 4 is 16.8 Å². The molecule has 4 aromatic rings. The van der Waals surface area contributed by atoms with Gasteiger partial charge >= 0.3 is 0 Å². The van der Waals surface area contributed by atoms with Crippen LogP contribution in [-0.4, -0.2) is 19.3 Å². The smallest absolute Gasteiger partial charge is 0.118 e. The van der Waals surface area contributed by atoms with Crippen molar-refractivity contribution < 1.29 is 14.6 Å². The zero-order chi connectivity index (χ0) is 23.0. The van der Waals surface area contributed by atoms with Gasteiger partial charge in [-0.15, -0.1) is 0 Å². The molecule has 0 saturated carbocycles. The number of allylic oxidation sites excluding steroid dienone is 1. The Morgan fingerprint density at radius 1 is 0.788 bits per heavy atom. The van der Waals surface area contributed by atoms with Gasteiger partial charge in [0, 0.05) is 5.41 Å². The molecule has 1 aliphatic rings. The molecule has 3 nitrogen and oxygen atoms in total. The van der Waals surface area contributed by atoms with Crippen LogP contribution in [0.5, 0.6) is 11.5 Å². The van der Waals surface area contributed by atoms with Crippen LogP contribution in [0.2, 0.25) is 0 Å². The Kier molecular flexibility index (Phi) is 5.43. The van der Waals surface area contributed by atoms with Gasteiger partial charge in [0.05, 0.1) is 20.8 Å². The van der Waals surface area contributed by atoms with E-state index in [-0.39, 0.29) is 12.0 Å². The first kappa shape index (κ1) is 21.3. The molecular formula is C30H28O3. The fraction of sp³-hybridized carbons (Fsp3) is 0.200. The van der Waals surface area contributed by atoms with Crippen molar-refractivity contribution in [3.8, 4) is 11.5 Å². The van der Waals surface area contributed by atoms with Crippen molar-refractivity contribution in [2.24, 2.45) is 0 Å². The molecule has 0 fully saturated rings. The minimum absolute atomic E-state index is 0.0292. The van der Waals surface area contributed by atoms with Crippen LogP contribution in [0.3, 0.4) is 0 Å². The first-order valence-corrected chi connectivity index (χ1v) is 11.2. The molecular weight excluding hydrogens is 408 g/mol. The van der Waals surface area contributed by atoms with Crippen molar-refractivity contribution in [3.63, 3.8) is 0 Å². The van der Waals surface area contributed by atoms with Crippen molar-refractivity contribution in [3.05, 3.63) is 112 Å². The van der Waals surface area contributed by atoms with E-state index in [4.69, 9.17) is 9.47 Å². The number of rotatable bonds is 5. The van der Waals surface area contributed by atoms with Gasteiger partial charge < -0.3 is 14.6 Å². The highest BCUT2D eigenvalue weighted by Gasteiger charge is 2.36. The van der Waals surface area contributed by atoms with Crippen molar-refractivity contribution in [1.29, 1.82) is 0 Å². The van der Waals surface area contributed by atoms with E-state index >= 15 is 0 Å². The lowest BCUT2D eigenvalue weighted by molar-refractivity contribution is 0.281.